The van der Waals surface area contributed by atoms with Gasteiger partial charge in [0.25, 0.3) is 0 Å². The first-order valence-electron chi connectivity index (χ1n) is 8.41. The lowest BCUT2D eigenvalue weighted by Gasteiger charge is -2.29. The fourth-order valence-corrected chi connectivity index (χ4v) is 4.55. The smallest absolute Gasteiger partial charge is 0.307 e. The predicted molar refractivity (Wildman–Crippen MR) is 97.7 cm³/mol. The molecule has 1 heterocycles. The van der Waals surface area contributed by atoms with E-state index >= 15 is 0 Å². The van der Waals surface area contributed by atoms with Crippen LogP contribution in [0.15, 0.2) is 53.4 Å². The number of benzene rings is 2. The predicted octanol–water partition coefficient (Wildman–Crippen LogP) is 2.00. The normalized spacial score (nSPS) is 15.9. The number of nitrogens with zero attached hydrogens (tertiary/aromatic N) is 1. The highest BCUT2D eigenvalue weighted by molar-refractivity contribution is 7.89. The van der Waals surface area contributed by atoms with Crippen LogP contribution in [0.4, 0.5) is 0 Å². The maximum absolute atomic E-state index is 12.8. The van der Waals surface area contributed by atoms with E-state index in [2.05, 4.69) is 4.74 Å². The minimum absolute atomic E-state index is 0.0846. The van der Waals surface area contributed by atoms with Crippen molar-refractivity contribution in [3.8, 4) is 0 Å². The third-order valence-corrected chi connectivity index (χ3v) is 6.49. The van der Waals surface area contributed by atoms with E-state index in [4.69, 9.17) is 5.73 Å². The van der Waals surface area contributed by atoms with Crippen LogP contribution in [0.2, 0.25) is 0 Å². The average Bonchev–Trinajstić information content (AvgIpc) is 2.67. The Kier molecular flexibility index (Phi) is 5.41. The van der Waals surface area contributed by atoms with Crippen molar-refractivity contribution in [1.82, 2.24) is 4.31 Å². The Balaban J connectivity index is 1.83. The molecule has 26 heavy (non-hydrogen) atoms. The van der Waals surface area contributed by atoms with E-state index in [9.17, 15) is 13.2 Å². The SMILES string of the molecule is COC(=O)CC(N)c1ccc2c(c1)CN(S(=O)(=O)c1ccccc1)CC2. The molecule has 1 atom stereocenters. The van der Waals surface area contributed by atoms with Crippen LogP contribution in [-0.2, 0) is 32.5 Å². The van der Waals surface area contributed by atoms with Gasteiger partial charge in [-0.25, -0.2) is 8.42 Å². The Morgan fingerprint density at radius 1 is 1.19 bits per heavy atom. The van der Waals surface area contributed by atoms with Crippen LogP contribution in [0.3, 0.4) is 0 Å². The highest BCUT2D eigenvalue weighted by Gasteiger charge is 2.28. The van der Waals surface area contributed by atoms with Crippen molar-refractivity contribution >= 4 is 16.0 Å². The first-order valence-corrected chi connectivity index (χ1v) is 9.85. The van der Waals surface area contributed by atoms with E-state index in [-0.39, 0.29) is 12.4 Å². The second kappa shape index (κ2) is 7.57. The second-order valence-electron chi connectivity index (χ2n) is 6.32. The van der Waals surface area contributed by atoms with Gasteiger partial charge in [-0.15, -0.1) is 0 Å². The molecule has 0 fully saturated rings. The van der Waals surface area contributed by atoms with E-state index in [1.54, 1.807) is 30.3 Å². The maximum atomic E-state index is 12.8. The summed E-state index contributed by atoms with van der Waals surface area (Å²) < 4.78 is 31.8. The standard InChI is InChI=1S/C19H22N2O4S/c1-25-19(22)12-18(20)15-8-7-14-9-10-21(13-16(14)11-15)26(23,24)17-5-3-2-4-6-17/h2-8,11,18H,9-10,12-13,20H2,1H3. The summed E-state index contributed by atoms with van der Waals surface area (Å²) in [5.74, 6) is -0.372. The van der Waals surface area contributed by atoms with Crippen molar-refractivity contribution < 1.29 is 17.9 Å². The van der Waals surface area contributed by atoms with Gasteiger partial charge in [-0.05, 0) is 35.2 Å². The van der Waals surface area contributed by atoms with Crippen molar-refractivity contribution in [2.24, 2.45) is 5.73 Å². The number of nitrogens with two attached hydrogens (primary N) is 1. The number of carbonyl (C=O) groups excluding carboxylic acids is 1. The number of methoxy groups -OCH3 is 1. The molecule has 1 aliphatic rings. The number of esters is 1. The lowest BCUT2D eigenvalue weighted by Crippen LogP contribution is -2.36. The van der Waals surface area contributed by atoms with Crippen molar-refractivity contribution in [2.45, 2.75) is 30.3 Å². The van der Waals surface area contributed by atoms with Gasteiger partial charge in [0, 0.05) is 19.1 Å². The van der Waals surface area contributed by atoms with Gasteiger partial charge < -0.3 is 10.5 Å². The number of hydrogen-bond acceptors (Lipinski definition) is 5. The third-order valence-electron chi connectivity index (χ3n) is 4.63. The molecule has 2 aromatic rings. The summed E-state index contributed by atoms with van der Waals surface area (Å²) >= 11 is 0. The Morgan fingerprint density at radius 2 is 1.92 bits per heavy atom. The molecule has 138 valence electrons. The highest BCUT2D eigenvalue weighted by Crippen LogP contribution is 2.27. The number of sulfonamides is 1. The van der Waals surface area contributed by atoms with Gasteiger partial charge in [0.1, 0.15) is 0 Å². The van der Waals surface area contributed by atoms with Crippen LogP contribution in [0, 0.1) is 0 Å². The maximum Gasteiger partial charge on any atom is 0.307 e. The zero-order chi connectivity index (χ0) is 18.7. The molecule has 2 aromatic carbocycles. The Morgan fingerprint density at radius 3 is 2.62 bits per heavy atom. The van der Waals surface area contributed by atoms with Crippen LogP contribution in [0.25, 0.3) is 0 Å². The lowest BCUT2D eigenvalue weighted by atomic mass is 9.95. The summed E-state index contributed by atoms with van der Waals surface area (Å²) in [7, 11) is -2.21. The van der Waals surface area contributed by atoms with Crippen molar-refractivity contribution in [1.29, 1.82) is 0 Å². The summed E-state index contributed by atoms with van der Waals surface area (Å²) in [6, 6.07) is 13.7. The summed E-state index contributed by atoms with van der Waals surface area (Å²) in [5, 5.41) is 0. The molecule has 1 aliphatic heterocycles. The van der Waals surface area contributed by atoms with Gasteiger partial charge in [0.05, 0.1) is 18.4 Å². The molecule has 0 aliphatic carbocycles. The van der Waals surface area contributed by atoms with E-state index in [1.165, 1.54) is 11.4 Å². The molecular formula is C19H22N2O4S. The monoisotopic (exact) mass is 374 g/mol. The van der Waals surface area contributed by atoms with Crippen molar-refractivity contribution in [2.75, 3.05) is 13.7 Å². The van der Waals surface area contributed by atoms with Crippen LogP contribution in [0.5, 0.6) is 0 Å². The summed E-state index contributed by atoms with van der Waals surface area (Å²) in [4.78, 5) is 11.7. The molecular weight excluding hydrogens is 352 g/mol. The van der Waals surface area contributed by atoms with Gasteiger partial charge in [0.2, 0.25) is 10.0 Å². The molecule has 0 saturated heterocycles. The average molecular weight is 374 g/mol. The summed E-state index contributed by atoms with van der Waals surface area (Å²) in [6.07, 6.45) is 0.731. The zero-order valence-corrected chi connectivity index (χ0v) is 15.4. The number of hydrogen-bond donors (Lipinski definition) is 1. The van der Waals surface area contributed by atoms with Gasteiger partial charge in [-0.3, -0.25) is 4.79 Å². The molecule has 0 spiro atoms. The molecule has 0 radical (unpaired) electrons. The number of rotatable bonds is 5. The third kappa shape index (κ3) is 3.80. The number of ether oxygens (including phenoxy) is 1. The van der Waals surface area contributed by atoms with Crippen molar-refractivity contribution in [3.05, 3.63) is 65.2 Å². The van der Waals surface area contributed by atoms with Gasteiger partial charge >= 0.3 is 5.97 Å². The summed E-state index contributed by atoms with van der Waals surface area (Å²) in [6.45, 7) is 0.739. The van der Waals surface area contributed by atoms with Gasteiger partial charge in [-0.1, -0.05) is 36.4 Å². The zero-order valence-electron chi connectivity index (χ0n) is 14.6. The van der Waals surface area contributed by atoms with E-state index in [1.807, 2.05) is 18.2 Å². The number of carbonyl (C=O) groups is 1. The molecule has 6 nitrogen and oxygen atoms in total. The van der Waals surface area contributed by atoms with Crippen LogP contribution in [-0.4, -0.2) is 32.3 Å². The largest absolute Gasteiger partial charge is 0.469 e. The molecule has 3 rings (SSSR count). The Hall–Kier alpha value is -2.22. The fourth-order valence-electron chi connectivity index (χ4n) is 3.11. The molecule has 7 heteroatoms. The van der Waals surface area contributed by atoms with Gasteiger partial charge in [-0.2, -0.15) is 4.31 Å². The molecule has 0 amide bonds. The number of fused-ring (bicyclic) bond motifs is 1. The minimum Gasteiger partial charge on any atom is -0.469 e. The molecule has 0 saturated carbocycles. The first kappa shape index (κ1) is 18.6. The minimum atomic E-state index is -3.53. The Bertz CT molecular complexity index is 897. The molecule has 0 bridgehead atoms. The molecule has 0 aromatic heterocycles. The van der Waals surface area contributed by atoms with E-state index < -0.39 is 16.1 Å². The van der Waals surface area contributed by atoms with Crippen LogP contribution < -0.4 is 5.73 Å². The topological polar surface area (TPSA) is 89.7 Å². The second-order valence-corrected chi connectivity index (χ2v) is 8.25. The Labute approximate surface area is 153 Å². The van der Waals surface area contributed by atoms with Crippen LogP contribution >= 0.6 is 0 Å². The lowest BCUT2D eigenvalue weighted by molar-refractivity contribution is -0.141. The molecule has 1 unspecified atom stereocenters. The molecule has 2 N–H and O–H groups in total. The highest BCUT2D eigenvalue weighted by atomic mass is 32.2. The van der Waals surface area contributed by atoms with Crippen LogP contribution in [0.1, 0.15) is 29.2 Å². The summed E-state index contributed by atoms with van der Waals surface area (Å²) in [5.41, 5.74) is 8.92. The quantitative estimate of drug-likeness (QED) is 0.809. The fraction of sp³-hybridized carbons (Fsp3) is 0.316. The van der Waals surface area contributed by atoms with E-state index in [0.29, 0.717) is 24.4 Å². The van der Waals surface area contributed by atoms with Gasteiger partial charge in [0.15, 0.2) is 0 Å². The first-order chi connectivity index (χ1) is 12.4. The van der Waals surface area contributed by atoms with Crippen molar-refractivity contribution in [3.63, 3.8) is 0 Å². The van der Waals surface area contributed by atoms with E-state index in [0.717, 1.165) is 16.7 Å².